The number of aliphatic carboxylic acids is 1. The third kappa shape index (κ3) is 3.93. The van der Waals surface area contributed by atoms with Crippen molar-refractivity contribution in [1.29, 1.82) is 0 Å². The molecule has 0 rings (SSSR count). The summed E-state index contributed by atoms with van der Waals surface area (Å²) >= 11 is 0. The fourth-order valence-electron chi connectivity index (χ4n) is 0.349. The highest BCUT2D eigenvalue weighted by molar-refractivity contribution is 5.67. The Hall–Kier alpha value is -0.610. The molecule has 0 aromatic heterocycles. The molecule has 4 nitrogen and oxygen atoms in total. The maximum Gasteiger partial charge on any atom is 0.306 e. The Balaban J connectivity index is 3.50. The lowest BCUT2D eigenvalue weighted by Crippen LogP contribution is -2.25. The van der Waals surface area contributed by atoms with Crippen molar-refractivity contribution in [2.45, 2.75) is 25.6 Å². The van der Waals surface area contributed by atoms with Crippen LogP contribution >= 0.6 is 0 Å². The molecule has 0 bridgehead atoms. The van der Waals surface area contributed by atoms with Crippen molar-refractivity contribution in [2.24, 2.45) is 0 Å². The maximum absolute atomic E-state index is 9.84. The van der Waals surface area contributed by atoms with Crippen LogP contribution in [0.2, 0.25) is 0 Å². The molecule has 0 aromatic carbocycles. The molecular weight excluding hydrogens is 124 g/mol. The standard InChI is InChI=1S/C5H10O4/c1-3(6)4(7)2-5(8)9/h3-4,6-7H,2H2,1H3,(H,8,9). The van der Waals surface area contributed by atoms with Gasteiger partial charge in [0.2, 0.25) is 0 Å². The summed E-state index contributed by atoms with van der Waals surface area (Å²) in [6, 6.07) is 0. The molecule has 2 atom stereocenters. The van der Waals surface area contributed by atoms with Crippen LogP contribution in [0.1, 0.15) is 13.3 Å². The minimum atomic E-state index is -1.15. The van der Waals surface area contributed by atoms with Gasteiger partial charge in [-0.05, 0) is 6.92 Å². The monoisotopic (exact) mass is 134 g/mol. The van der Waals surface area contributed by atoms with Gasteiger partial charge in [0.25, 0.3) is 0 Å². The van der Waals surface area contributed by atoms with E-state index < -0.39 is 24.6 Å². The van der Waals surface area contributed by atoms with E-state index in [1.807, 2.05) is 0 Å². The average molecular weight is 134 g/mol. The third-order valence-electron chi connectivity index (χ3n) is 0.941. The predicted octanol–water partition coefficient (Wildman–Crippen LogP) is -0.797. The van der Waals surface area contributed by atoms with Gasteiger partial charge in [-0.15, -0.1) is 0 Å². The Morgan fingerprint density at radius 2 is 2.00 bits per heavy atom. The number of aliphatic hydroxyl groups excluding tert-OH is 2. The minimum absolute atomic E-state index is 0.405. The van der Waals surface area contributed by atoms with E-state index in [1.165, 1.54) is 6.92 Å². The number of rotatable bonds is 3. The second-order valence-corrected chi connectivity index (χ2v) is 1.91. The summed E-state index contributed by atoms with van der Waals surface area (Å²) in [4.78, 5) is 9.84. The normalized spacial score (nSPS) is 16.8. The highest BCUT2D eigenvalue weighted by Crippen LogP contribution is 1.96. The lowest BCUT2D eigenvalue weighted by atomic mass is 10.2. The zero-order valence-electron chi connectivity index (χ0n) is 5.11. The van der Waals surface area contributed by atoms with Crippen LogP contribution < -0.4 is 0 Å². The number of aliphatic hydroxyl groups is 2. The summed E-state index contributed by atoms with van der Waals surface area (Å²) in [6.45, 7) is 1.34. The lowest BCUT2D eigenvalue weighted by Gasteiger charge is -2.09. The summed E-state index contributed by atoms with van der Waals surface area (Å²) in [5, 5.41) is 25.3. The topological polar surface area (TPSA) is 77.8 Å². The van der Waals surface area contributed by atoms with Crippen molar-refractivity contribution in [3.8, 4) is 0 Å². The molecule has 54 valence electrons. The maximum atomic E-state index is 9.84. The van der Waals surface area contributed by atoms with Crippen LogP contribution in [0.4, 0.5) is 0 Å². The molecule has 0 aliphatic heterocycles. The second kappa shape index (κ2) is 3.42. The number of carboxylic acid groups (broad SMARTS) is 1. The molecule has 0 amide bonds. The van der Waals surface area contributed by atoms with Gasteiger partial charge in [0.15, 0.2) is 0 Å². The quantitative estimate of drug-likeness (QED) is 0.472. The first kappa shape index (κ1) is 8.39. The number of hydrogen-bond donors (Lipinski definition) is 3. The molecular formula is C5H10O4. The van der Waals surface area contributed by atoms with E-state index in [0.29, 0.717) is 0 Å². The van der Waals surface area contributed by atoms with E-state index in [2.05, 4.69) is 0 Å². The molecule has 0 heterocycles. The lowest BCUT2D eigenvalue weighted by molar-refractivity contribution is -0.140. The Morgan fingerprint density at radius 3 is 2.11 bits per heavy atom. The molecule has 0 fully saturated rings. The minimum Gasteiger partial charge on any atom is -0.481 e. The second-order valence-electron chi connectivity index (χ2n) is 1.91. The molecule has 0 radical (unpaired) electrons. The fourth-order valence-corrected chi connectivity index (χ4v) is 0.349. The Bertz CT molecular complexity index is 99.1. The van der Waals surface area contributed by atoms with Crippen molar-refractivity contribution in [1.82, 2.24) is 0 Å². The molecule has 9 heavy (non-hydrogen) atoms. The van der Waals surface area contributed by atoms with E-state index >= 15 is 0 Å². The summed E-state index contributed by atoms with van der Waals surface area (Å²) in [6.07, 6.45) is -2.53. The first-order valence-electron chi connectivity index (χ1n) is 2.62. The molecule has 0 spiro atoms. The van der Waals surface area contributed by atoms with E-state index in [9.17, 15) is 4.79 Å². The van der Waals surface area contributed by atoms with Crippen molar-refractivity contribution in [3.63, 3.8) is 0 Å². The van der Waals surface area contributed by atoms with Crippen LogP contribution in [-0.4, -0.2) is 33.5 Å². The van der Waals surface area contributed by atoms with E-state index in [0.717, 1.165) is 0 Å². The number of hydrogen-bond acceptors (Lipinski definition) is 3. The molecule has 0 aliphatic carbocycles. The summed E-state index contributed by atoms with van der Waals surface area (Å²) < 4.78 is 0. The van der Waals surface area contributed by atoms with Crippen LogP contribution in [0.25, 0.3) is 0 Å². The van der Waals surface area contributed by atoms with Gasteiger partial charge in [-0.3, -0.25) is 4.79 Å². The average Bonchev–Trinajstić information content (AvgIpc) is 1.63. The van der Waals surface area contributed by atoms with Gasteiger partial charge in [0.05, 0.1) is 18.6 Å². The van der Waals surface area contributed by atoms with Crippen LogP contribution in [0.15, 0.2) is 0 Å². The van der Waals surface area contributed by atoms with E-state index in [4.69, 9.17) is 15.3 Å². The third-order valence-corrected chi connectivity index (χ3v) is 0.941. The predicted molar refractivity (Wildman–Crippen MR) is 29.9 cm³/mol. The molecule has 4 heteroatoms. The first-order valence-corrected chi connectivity index (χ1v) is 2.62. The highest BCUT2D eigenvalue weighted by atomic mass is 16.4. The van der Waals surface area contributed by atoms with Gasteiger partial charge in [0.1, 0.15) is 0 Å². The number of carbonyl (C=O) groups is 1. The summed E-state index contributed by atoms with van der Waals surface area (Å²) in [5.41, 5.74) is 0. The summed E-state index contributed by atoms with van der Waals surface area (Å²) in [5.74, 6) is -1.11. The van der Waals surface area contributed by atoms with Crippen molar-refractivity contribution < 1.29 is 20.1 Å². The van der Waals surface area contributed by atoms with Crippen LogP contribution in [0, 0.1) is 0 Å². The zero-order chi connectivity index (χ0) is 7.44. The molecule has 0 saturated heterocycles. The van der Waals surface area contributed by atoms with Crippen LogP contribution in [0.5, 0.6) is 0 Å². The van der Waals surface area contributed by atoms with Gasteiger partial charge in [-0.1, -0.05) is 0 Å². The SMILES string of the molecule is CC(O)C(O)CC(=O)O. The number of carboxylic acids is 1. The van der Waals surface area contributed by atoms with E-state index in [-0.39, 0.29) is 0 Å². The van der Waals surface area contributed by atoms with Crippen molar-refractivity contribution >= 4 is 5.97 Å². The van der Waals surface area contributed by atoms with Gasteiger partial charge >= 0.3 is 5.97 Å². The summed E-state index contributed by atoms with van der Waals surface area (Å²) in [7, 11) is 0. The van der Waals surface area contributed by atoms with E-state index in [1.54, 1.807) is 0 Å². The molecule has 0 aromatic rings. The van der Waals surface area contributed by atoms with Crippen molar-refractivity contribution in [3.05, 3.63) is 0 Å². The zero-order valence-corrected chi connectivity index (χ0v) is 5.11. The molecule has 0 aliphatic rings. The largest absolute Gasteiger partial charge is 0.481 e. The molecule has 0 saturated carbocycles. The van der Waals surface area contributed by atoms with Crippen LogP contribution in [0.3, 0.4) is 0 Å². The van der Waals surface area contributed by atoms with Gasteiger partial charge in [0, 0.05) is 0 Å². The first-order chi connectivity index (χ1) is 4.04. The fraction of sp³-hybridized carbons (Fsp3) is 0.800. The Morgan fingerprint density at radius 1 is 1.56 bits per heavy atom. The van der Waals surface area contributed by atoms with Crippen LogP contribution in [-0.2, 0) is 4.79 Å². The molecule has 3 N–H and O–H groups in total. The van der Waals surface area contributed by atoms with Gasteiger partial charge in [-0.2, -0.15) is 0 Å². The Kier molecular flexibility index (Phi) is 3.19. The van der Waals surface area contributed by atoms with Gasteiger partial charge < -0.3 is 15.3 Å². The molecule has 2 unspecified atom stereocenters. The highest BCUT2D eigenvalue weighted by Gasteiger charge is 2.13. The van der Waals surface area contributed by atoms with Crippen molar-refractivity contribution in [2.75, 3.05) is 0 Å². The smallest absolute Gasteiger partial charge is 0.306 e. The Labute approximate surface area is 52.7 Å². The van der Waals surface area contributed by atoms with Gasteiger partial charge in [-0.25, -0.2) is 0 Å².